The first-order valence-corrected chi connectivity index (χ1v) is 5.63. The van der Waals surface area contributed by atoms with Crippen molar-refractivity contribution in [3.8, 4) is 0 Å². The van der Waals surface area contributed by atoms with Crippen LogP contribution in [0, 0.1) is 11.8 Å². The van der Waals surface area contributed by atoms with Gasteiger partial charge in [0.25, 0.3) is 0 Å². The summed E-state index contributed by atoms with van der Waals surface area (Å²) in [5.74, 6) is 0.407. The van der Waals surface area contributed by atoms with Crippen molar-refractivity contribution in [3.63, 3.8) is 0 Å². The van der Waals surface area contributed by atoms with Crippen molar-refractivity contribution in [3.05, 3.63) is 0 Å². The topological polar surface area (TPSA) is 74.6 Å². The average Bonchev–Trinajstić information content (AvgIpc) is 2.19. The lowest BCUT2D eigenvalue weighted by Gasteiger charge is -1.98. The van der Waals surface area contributed by atoms with Crippen molar-refractivity contribution >= 4 is 11.6 Å². The first kappa shape index (κ1) is 21.5. The summed E-state index contributed by atoms with van der Waals surface area (Å²) >= 11 is 0. The van der Waals surface area contributed by atoms with Gasteiger partial charge in [0.1, 0.15) is 11.6 Å². The van der Waals surface area contributed by atoms with Gasteiger partial charge in [-0.1, -0.05) is 35.1 Å². The van der Waals surface area contributed by atoms with Crippen LogP contribution in [0.3, 0.4) is 0 Å². The molecule has 106 valence electrons. The van der Waals surface area contributed by atoms with Gasteiger partial charge in [-0.05, 0) is 0 Å². The first-order chi connectivity index (χ1) is 7.36. The molecule has 0 aromatic carbocycles. The Morgan fingerprint density at radius 2 is 1.12 bits per heavy atom. The van der Waals surface area contributed by atoms with Gasteiger partial charge < -0.3 is 10.2 Å². The zero-order chi connectivity index (χ0) is 13.1. The fourth-order valence-corrected chi connectivity index (χ4v) is 0.798. The molecule has 2 N–H and O–H groups in total. The van der Waals surface area contributed by atoms with Gasteiger partial charge in [0.15, 0.2) is 0 Å². The van der Waals surface area contributed by atoms with Crippen molar-refractivity contribution in [1.82, 2.24) is 0 Å². The smallest absolute Gasteiger partial charge is 0.137 e. The lowest BCUT2D eigenvalue weighted by atomic mass is 10.1. The third-order valence-corrected chi connectivity index (χ3v) is 2.00. The zero-order valence-electron chi connectivity index (χ0n) is 10.7. The van der Waals surface area contributed by atoms with Crippen LogP contribution in [0.4, 0.5) is 0 Å². The molecular formula is C13H30O4. The van der Waals surface area contributed by atoms with Crippen LogP contribution in [-0.2, 0) is 9.59 Å². The predicted octanol–water partition coefficient (Wildman–Crippen LogP) is 2.07. The zero-order valence-corrected chi connectivity index (χ0v) is 10.7. The molecular weight excluding hydrogens is 220 g/mol. The summed E-state index contributed by atoms with van der Waals surface area (Å²) in [6.45, 7) is 7.29. The minimum atomic E-state index is -0.0169. The molecule has 0 saturated heterocycles. The summed E-state index contributed by atoms with van der Waals surface area (Å²) in [5, 5.41) is 16.5. The maximum atomic E-state index is 10.6. The largest absolute Gasteiger partial charge is 0.396 e. The third kappa shape index (κ3) is 15.3. The van der Waals surface area contributed by atoms with Crippen LogP contribution in [-0.4, -0.2) is 35.0 Å². The molecule has 0 saturated carbocycles. The molecule has 0 aromatic heterocycles. The molecule has 0 fully saturated rings. The van der Waals surface area contributed by atoms with Crippen LogP contribution in [0.15, 0.2) is 0 Å². The maximum Gasteiger partial charge on any atom is 0.137 e. The highest BCUT2D eigenvalue weighted by molar-refractivity contribution is 5.80. The number of Topliss-reactive ketones (excluding diaryl/α,β-unsaturated/α-hetero) is 2. The van der Waals surface area contributed by atoms with Gasteiger partial charge in [-0.15, -0.1) is 0 Å². The number of ketones is 2. The Morgan fingerprint density at radius 1 is 0.882 bits per heavy atom. The van der Waals surface area contributed by atoms with Crippen molar-refractivity contribution in [2.24, 2.45) is 11.8 Å². The molecule has 0 rings (SSSR count). The van der Waals surface area contributed by atoms with Gasteiger partial charge in [0, 0.05) is 39.3 Å². The van der Waals surface area contributed by atoms with E-state index in [1.165, 1.54) is 0 Å². The SMILES string of the molecule is C.CC(C)C(=O)CCO.CC(C)C(=O)CCO.[2HH]. The summed E-state index contributed by atoms with van der Waals surface area (Å²) in [7, 11) is 0. The Hall–Kier alpha value is -0.740. The van der Waals surface area contributed by atoms with Gasteiger partial charge in [-0.3, -0.25) is 9.59 Å². The van der Waals surface area contributed by atoms with Crippen LogP contribution in [0.5, 0.6) is 0 Å². The highest BCUT2D eigenvalue weighted by atomic mass is 16.3. The Kier molecular flexibility index (Phi) is 16.9. The van der Waals surface area contributed by atoms with Gasteiger partial charge >= 0.3 is 0 Å². The Labute approximate surface area is 107 Å². The molecule has 0 unspecified atom stereocenters. The highest BCUT2D eigenvalue weighted by Crippen LogP contribution is 1.96. The minimum absolute atomic E-state index is 0. The number of carbonyl (C=O) groups is 2. The molecule has 4 nitrogen and oxygen atoms in total. The summed E-state index contributed by atoms with van der Waals surface area (Å²) < 4.78 is 0. The van der Waals surface area contributed by atoms with Crippen molar-refractivity contribution in [1.29, 1.82) is 0 Å². The quantitative estimate of drug-likeness (QED) is 0.758. The monoisotopic (exact) mass is 251 g/mol. The van der Waals surface area contributed by atoms with E-state index >= 15 is 0 Å². The molecule has 0 spiro atoms. The second-order valence-electron chi connectivity index (χ2n) is 4.19. The van der Waals surface area contributed by atoms with Crippen LogP contribution < -0.4 is 0 Å². The molecule has 0 heterocycles. The normalized spacial score (nSPS) is 9.41. The highest BCUT2D eigenvalue weighted by Gasteiger charge is 2.04. The number of carbonyl (C=O) groups excluding carboxylic acids is 2. The lowest BCUT2D eigenvalue weighted by Crippen LogP contribution is -2.07. The molecule has 0 aromatic rings. The van der Waals surface area contributed by atoms with E-state index in [2.05, 4.69) is 0 Å². The van der Waals surface area contributed by atoms with Gasteiger partial charge in [-0.2, -0.15) is 0 Å². The lowest BCUT2D eigenvalue weighted by molar-refractivity contribution is -0.123. The Bertz CT molecular complexity index is 181. The maximum absolute atomic E-state index is 10.6. The Morgan fingerprint density at radius 3 is 1.18 bits per heavy atom. The van der Waals surface area contributed by atoms with Crippen LogP contribution in [0.25, 0.3) is 0 Å². The molecule has 0 atom stereocenters. The van der Waals surface area contributed by atoms with Crippen LogP contribution in [0.2, 0.25) is 0 Å². The second-order valence-corrected chi connectivity index (χ2v) is 4.19. The number of aliphatic hydroxyl groups excluding tert-OH is 2. The van der Waals surface area contributed by atoms with E-state index < -0.39 is 0 Å². The van der Waals surface area contributed by atoms with E-state index in [-0.39, 0.29) is 45.5 Å². The van der Waals surface area contributed by atoms with Gasteiger partial charge in [0.2, 0.25) is 0 Å². The fraction of sp³-hybridized carbons (Fsp3) is 0.846. The molecule has 4 heteroatoms. The molecule has 0 radical (unpaired) electrons. The van der Waals surface area contributed by atoms with E-state index in [4.69, 9.17) is 10.2 Å². The van der Waals surface area contributed by atoms with E-state index in [0.29, 0.717) is 12.8 Å². The predicted molar refractivity (Wildman–Crippen MR) is 71.9 cm³/mol. The minimum Gasteiger partial charge on any atom is -0.396 e. The number of hydrogen-bond donors (Lipinski definition) is 2. The van der Waals surface area contributed by atoms with Crippen molar-refractivity contribution in [2.75, 3.05) is 13.2 Å². The van der Waals surface area contributed by atoms with E-state index in [0.717, 1.165) is 0 Å². The fourth-order valence-electron chi connectivity index (χ4n) is 0.798. The molecule has 0 aliphatic heterocycles. The molecule has 0 aliphatic carbocycles. The summed E-state index contributed by atoms with van der Waals surface area (Å²) in [6, 6.07) is 0. The Balaban J connectivity index is -0.0000000980. The number of aliphatic hydroxyl groups is 2. The van der Waals surface area contributed by atoms with Gasteiger partial charge in [-0.25, -0.2) is 0 Å². The molecule has 0 aliphatic rings. The average molecular weight is 251 g/mol. The second kappa shape index (κ2) is 13.3. The number of rotatable bonds is 6. The van der Waals surface area contributed by atoms with Crippen LogP contribution >= 0.6 is 0 Å². The third-order valence-electron chi connectivity index (χ3n) is 2.00. The summed E-state index contributed by atoms with van der Waals surface area (Å²) in [5.41, 5.74) is 0. The van der Waals surface area contributed by atoms with E-state index in [1.807, 2.05) is 27.7 Å². The van der Waals surface area contributed by atoms with Crippen molar-refractivity contribution in [2.45, 2.75) is 48.0 Å². The standard InChI is InChI=1S/2C6H12O2.CH4.H2/c2*1-5(2)6(8)3-4-7;;/h2*5,7H,3-4H2,1-2H3;1H4;1H/i;;;1+1. The van der Waals surface area contributed by atoms with E-state index in [9.17, 15) is 9.59 Å². The first-order valence-electron chi connectivity index (χ1n) is 5.63. The van der Waals surface area contributed by atoms with E-state index in [1.54, 1.807) is 0 Å². The van der Waals surface area contributed by atoms with Crippen LogP contribution in [0.1, 0.15) is 49.4 Å². The summed E-state index contributed by atoms with van der Waals surface area (Å²) in [4.78, 5) is 21.2. The summed E-state index contributed by atoms with van der Waals surface area (Å²) in [6.07, 6.45) is 0.606. The van der Waals surface area contributed by atoms with Gasteiger partial charge in [0.05, 0.1) is 0 Å². The molecule has 0 amide bonds. The molecule has 17 heavy (non-hydrogen) atoms. The molecule has 0 bridgehead atoms. The van der Waals surface area contributed by atoms with Crippen molar-refractivity contribution < 1.29 is 21.2 Å². The number of hydrogen-bond acceptors (Lipinski definition) is 4.